The lowest BCUT2D eigenvalue weighted by molar-refractivity contribution is 0.599. The molecule has 1 aliphatic rings. The summed E-state index contributed by atoms with van der Waals surface area (Å²) >= 11 is 2.78. The normalized spacial score (nSPS) is 18.9. The van der Waals surface area contributed by atoms with E-state index in [0.29, 0.717) is 9.94 Å². The van der Waals surface area contributed by atoms with Crippen LogP contribution in [0, 0.1) is 0 Å². The molecule has 0 unspecified atom stereocenters. The van der Waals surface area contributed by atoms with Gasteiger partial charge in [-0.15, -0.1) is 23.1 Å². The third-order valence-electron chi connectivity index (χ3n) is 1.50. The number of nitrogens with zero attached hydrogens (tertiary/aromatic N) is 1. The van der Waals surface area contributed by atoms with Crippen LogP contribution in [0.25, 0.3) is 0 Å². The van der Waals surface area contributed by atoms with Crippen molar-refractivity contribution in [3.05, 3.63) is 16.3 Å². The molecule has 0 atom stereocenters. The SMILES string of the molecule is CSC1=NS(=O)(=O)c2ccsc21. The molecule has 0 saturated carbocycles. The molecule has 2 heterocycles. The van der Waals surface area contributed by atoms with Gasteiger partial charge >= 0.3 is 0 Å². The summed E-state index contributed by atoms with van der Waals surface area (Å²) in [6.45, 7) is 0. The van der Waals surface area contributed by atoms with Crippen LogP contribution in [0.1, 0.15) is 4.88 Å². The first-order chi connectivity index (χ1) is 5.65. The second kappa shape index (κ2) is 2.58. The predicted molar refractivity (Wildman–Crippen MR) is 51.6 cm³/mol. The van der Waals surface area contributed by atoms with Crippen molar-refractivity contribution >= 4 is 38.2 Å². The average Bonchev–Trinajstić information content (AvgIpc) is 2.54. The van der Waals surface area contributed by atoms with Crippen molar-refractivity contribution in [1.29, 1.82) is 0 Å². The number of hydrogen-bond acceptors (Lipinski definition) is 4. The number of sulfonamides is 1. The first-order valence-corrected chi connectivity index (χ1v) is 6.66. The van der Waals surface area contributed by atoms with Gasteiger partial charge in [-0.2, -0.15) is 12.8 Å². The Kier molecular flexibility index (Phi) is 1.78. The van der Waals surface area contributed by atoms with Crippen molar-refractivity contribution in [2.75, 3.05) is 6.26 Å². The van der Waals surface area contributed by atoms with Gasteiger partial charge in [0.25, 0.3) is 10.0 Å². The Hall–Kier alpha value is -0.330. The van der Waals surface area contributed by atoms with Crippen LogP contribution in [0.15, 0.2) is 20.7 Å². The summed E-state index contributed by atoms with van der Waals surface area (Å²) in [5.74, 6) is 0. The number of thioether (sulfide) groups is 1. The minimum Gasteiger partial charge on any atom is -0.199 e. The summed E-state index contributed by atoms with van der Waals surface area (Å²) in [6.07, 6.45) is 1.82. The van der Waals surface area contributed by atoms with Gasteiger partial charge in [-0.05, 0) is 17.7 Å². The van der Waals surface area contributed by atoms with Gasteiger partial charge in [-0.25, -0.2) is 0 Å². The molecule has 64 valence electrons. The summed E-state index contributed by atoms with van der Waals surface area (Å²) in [5.41, 5.74) is 0. The number of hydrogen-bond donors (Lipinski definition) is 0. The van der Waals surface area contributed by atoms with Gasteiger partial charge in [0.2, 0.25) is 0 Å². The van der Waals surface area contributed by atoms with E-state index in [1.54, 1.807) is 11.4 Å². The second-order valence-corrected chi connectivity index (χ2v) is 5.47. The lowest BCUT2D eigenvalue weighted by atomic mass is 10.5. The third-order valence-corrected chi connectivity index (χ3v) is 4.79. The fourth-order valence-corrected chi connectivity index (χ4v) is 4.59. The molecule has 1 aromatic heterocycles. The Labute approximate surface area is 78.6 Å². The number of fused-ring (bicyclic) bond motifs is 1. The van der Waals surface area contributed by atoms with E-state index in [4.69, 9.17) is 0 Å². The molecular weight excluding hydrogens is 214 g/mol. The van der Waals surface area contributed by atoms with Gasteiger partial charge in [0.15, 0.2) is 0 Å². The molecule has 0 spiro atoms. The van der Waals surface area contributed by atoms with Crippen LogP contribution in [-0.4, -0.2) is 19.7 Å². The van der Waals surface area contributed by atoms with Crippen LogP contribution < -0.4 is 0 Å². The maximum absolute atomic E-state index is 11.3. The van der Waals surface area contributed by atoms with E-state index < -0.39 is 10.0 Å². The monoisotopic (exact) mass is 219 g/mol. The Morgan fingerprint density at radius 2 is 2.33 bits per heavy atom. The van der Waals surface area contributed by atoms with Crippen molar-refractivity contribution in [1.82, 2.24) is 0 Å². The van der Waals surface area contributed by atoms with E-state index in [9.17, 15) is 8.42 Å². The number of rotatable bonds is 0. The highest BCUT2D eigenvalue weighted by atomic mass is 32.2. The zero-order valence-corrected chi connectivity index (χ0v) is 8.59. The molecule has 0 saturated heterocycles. The smallest absolute Gasteiger partial charge is 0.199 e. The van der Waals surface area contributed by atoms with Crippen LogP contribution in [0.2, 0.25) is 0 Å². The van der Waals surface area contributed by atoms with Crippen molar-refractivity contribution < 1.29 is 8.42 Å². The molecule has 12 heavy (non-hydrogen) atoms. The van der Waals surface area contributed by atoms with Crippen molar-refractivity contribution in [3.8, 4) is 0 Å². The fraction of sp³-hybridized carbons (Fsp3) is 0.167. The minimum absolute atomic E-state index is 0.358. The Morgan fingerprint density at radius 3 is 3.00 bits per heavy atom. The summed E-state index contributed by atoms with van der Waals surface area (Å²) in [6, 6.07) is 1.60. The van der Waals surface area contributed by atoms with Gasteiger partial charge in [0.05, 0.1) is 4.88 Å². The first-order valence-electron chi connectivity index (χ1n) is 3.12. The van der Waals surface area contributed by atoms with Crippen LogP contribution in [0.4, 0.5) is 0 Å². The zero-order valence-electron chi connectivity index (χ0n) is 6.14. The Bertz CT molecular complexity index is 443. The van der Waals surface area contributed by atoms with Crippen LogP contribution in [-0.2, 0) is 10.0 Å². The molecule has 0 aromatic carbocycles. The molecule has 6 heteroatoms. The molecule has 0 bridgehead atoms. The quantitative estimate of drug-likeness (QED) is 0.665. The summed E-state index contributed by atoms with van der Waals surface area (Å²) in [5, 5.41) is 2.38. The van der Waals surface area contributed by atoms with Crippen LogP contribution in [0.3, 0.4) is 0 Å². The largest absolute Gasteiger partial charge is 0.284 e. The van der Waals surface area contributed by atoms with Crippen molar-refractivity contribution in [2.45, 2.75) is 4.90 Å². The predicted octanol–water partition coefficient (Wildman–Crippen LogP) is 1.56. The standard InChI is InChI=1S/C6H5NO2S3/c1-10-6-5-4(2-3-11-5)12(8,9)7-6/h2-3H,1H3. The topological polar surface area (TPSA) is 46.5 Å². The fourth-order valence-electron chi connectivity index (χ4n) is 0.986. The van der Waals surface area contributed by atoms with Gasteiger partial charge in [-0.1, -0.05) is 0 Å². The molecule has 1 aromatic rings. The zero-order chi connectivity index (χ0) is 8.77. The van der Waals surface area contributed by atoms with Gasteiger partial charge in [0.1, 0.15) is 9.94 Å². The molecule has 3 nitrogen and oxygen atoms in total. The van der Waals surface area contributed by atoms with E-state index in [1.165, 1.54) is 23.1 Å². The summed E-state index contributed by atoms with van der Waals surface area (Å²) in [7, 11) is -3.35. The van der Waals surface area contributed by atoms with Gasteiger partial charge in [-0.3, -0.25) is 0 Å². The van der Waals surface area contributed by atoms with Crippen molar-refractivity contribution in [2.24, 2.45) is 4.40 Å². The summed E-state index contributed by atoms with van der Waals surface area (Å²) in [4.78, 5) is 1.14. The van der Waals surface area contributed by atoms with E-state index in [2.05, 4.69) is 4.40 Å². The van der Waals surface area contributed by atoms with Gasteiger partial charge < -0.3 is 0 Å². The molecular formula is C6H5NO2S3. The van der Waals surface area contributed by atoms with Crippen LogP contribution in [0.5, 0.6) is 0 Å². The van der Waals surface area contributed by atoms with Crippen LogP contribution >= 0.6 is 23.1 Å². The highest BCUT2D eigenvalue weighted by Crippen LogP contribution is 2.33. The van der Waals surface area contributed by atoms with E-state index in [-0.39, 0.29) is 0 Å². The first kappa shape index (κ1) is 8.28. The van der Waals surface area contributed by atoms with E-state index >= 15 is 0 Å². The maximum Gasteiger partial charge on any atom is 0.284 e. The average molecular weight is 219 g/mol. The number of thiophene rings is 1. The molecule has 0 amide bonds. The third kappa shape index (κ3) is 1.02. The molecule has 2 rings (SSSR count). The Balaban J connectivity index is 2.74. The highest BCUT2D eigenvalue weighted by Gasteiger charge is 2.29. The van der Waals surface area contributed by atoms with Crippen molar-refractivity contribution in [3.63, 3.8) is 0 Å². The molecule has 1 aliphatic heterocycles. The lowest BCUT2D eigenvalue weighted by Gasteiger charge is -1.87. The molecule has 0 N–H and O–H groups in total. The van der Waals surface area contributed by atoms with E-state index in [0.717, 1.165) is 4.88 Å². The highest BCUT2D eigenvalue weighted by molar-refractivity contribution is 8.15. The van der Waals surface area contributed by atoms with E-state index in [1.807, 2.05) is 6.26 Å². The minimum atomic E-state index is -3.35. The molecule has 0 radical (unpaired) electrons. The Morgan fingerprint density at radius 1 is 1.58 bits per heavy atom. The molecule has 0 fully saturated rings. The maximum atomic E-state index is 11.3. The summed E-state index contributed by atoms with van der Waals surface area (Å²) < 4.78 is 26.2. The second-order valence-electron chi connectivity index (χ2n) is 2.19. The van der Waals surface area contributed by atoms with Gasteiger partial charge in [0, 0.05) is 0 Å². The lowest BCUT2D eigenvalue weighted by Crippen LogP contribution is -1.88. The molecule has 0 aliphatic carbocycles.